The Kier molecular flexibility index (Phi) is 6.77. The fourth-order valence-corrected chi connectivity index (χ4v) is 3.03. The molecule has 0 aromatic heterocycles. The molecule has 1 saturated heterocycles. The summed E-state index contributed by atoms with van der Waals surface area (Å²) in [6.45, 7) is -1.63. The van der Waals surface area contributed by atoms with Crippen LogP contribution in [-0.4, -0.2) is 43.7 Å². The number of amides is 1. The Bertz CT molecular complexity index is 510. The van der Waals surface area contributed by atoms with Crippen LogP contribution in [0.5, 0.6) is 5.75 Å². The lowest BCUT2D eigenvalue weighted by molar-refractivity contribution is -0.0503. The first-order valence-corrected chi connectivity index (χ1v) is 7.97. The molecule has 0 saturated carbocycles. The third-order valence-corrected chi connectivity index (χ3v) is 4.11. The van der Waals surface area contributed by atoms with Crippen LogP contribution >= 0.6 is 0 Å². The summed E-state index contributed by atoms with van der Waals surface area (Å²) in [5.41, 5.74) is 0.200. The molecule has 1 atom stereocenters. The van der Waals surface area contributed by atoms with Gasteiger partial charge in [-0.25, -0.2) is 0 Å². The van der Waals surface area contributed by atoms with E-state index in [4.69, 9.17) is 4.74 Å². The molecular formula is C17H23F2NO3. The summed E-state index contributed by atoms with van der Waals surface area (Å²) in [7, 11) is 1.65. The average Bonchev–Trinajstić information content (AvgIpc) is 2.55. The first-order chi connectivity index (χ1) is 11.1. The highest BCUT2D eigenvalue weighted by Gasteiger charge is 2.29. The molecule has 128 valence electrons. The van der Waals surface area contributed by atoms with Gasteiger partial charge in [-0.3, -0.25) is 4.79 Å². The van der Waals surface area contributed by atoms with Crippen LogP contribution < -0.4 is 4.74 Å². The zero-order chi connectivity index (χ0) is 16.7. The van der Waals surface area contributed by atoms with E-state index in [-0.39, 0.29) is 23.3 Å². The molecule has 1 heterocycles. The Morgan fingerprint density at radius 2 is 2.13 bits per heavy atom. The van der Waals surface area contributed by atoms with Gasteiger partial charge in [-0.05, 0) is 44.2 Å². The number of hydrogen-bond acceptors (Lipinski definition) is 3. The van der Waals surface area contributed by atoms with E-state index in [0.29, 0.717) is 13.2 Å². The second kappa shape index (κ2) is 8.82. The van der Waals surface area contributed by atoms with E-state index in [9.17, 15) is 13.6 Å². The third kappa shape index (κ3) is 4.89. The molecule has 1 aliphatic rings. The van der Waals surface area contributed by atoms with Gasteiger partial charge in [0.2, 0.25) is 0 Å². The number of carbonyl (C=O) groups excluding carboxylic acids is 1. The number of nitrogens with zero attached hydrogens (tertiary/aromatic N) is 1. The van der Waals surface area contributed by atoms with E-state index in [1.165, 1.54) is 6.07 Å². The second-order valence-corrected chi connectivity index (χ2v) is 5.66. The van der Waals surface area contributed by atoms with Gasteiger partial charge in [-0.15, -0.1) is 0 Å². The van der Waals surface area contributed by atoms with Crippen LogP contribution in [-0.2, 0) is 4.74 Å². The van der Waals surface area contributed by atoms with Crippen LogP contribution in [0.15, 0.2) is 24.3 Å². The zero-order valence-corrected chi connectivity index (χ0v) is 13.3. The van der Waals surface area contributed by atoms with Gasteiger partial charge in [0.05, 0.1) is 5.56 Å². The standard InChI is InChI=1S/C17H23F2NO3/c1-22-12-6-8-13-7-4-5-11-20(13)16(21)14-9-2-3-10-15(14)23-17(18)19/h2-3,9-10,13,17H,4-8,11-12H2,1H3/t13-/m0/s1. The van der Waals surface area contributed by atoms with Crippen LogP contribution in [0.1, 0.15) is 42.5 Å². The van der Waals surface area contributed by atoms with E-state index in [0.717, 1.165) is 32.1 Å². The summed E-state index contributed by atoms with van der Waals surface area (Å²) < 4.78 is 34.6. The molecule has 1 aromatic rings. The largest absolute Gasteiger partial charge is 0.434 e. The molecule has 1 aliphatic heterocycles. The molecule has 1 amide bonds. The molecule has 4 nitrogen and oxygen atoms in total. The van der Waals surface area contributed by atoms with Crippen LogP contribution in [0, 0.1) is 0 Å². The number of para-hydroxylation sites is 1. The summed E-state index contributed by atoms with van der Waals surface area (Å²) in [6, 6.07) is 6.33. The van der Waals surface area contributed by atoms with Gasteiger partial charge < -0.3 is 14.4 Å². The van der Waals surface area contributed by atoms with E-state index < -0.39 is 6.61 Å². The van der Waals surface area contributed by atoms with Crippen molar-refractivity contribution in [3.05, 3.63) is 29.8 Å². The highest BCUT2D eigenvalue weighted by Crippen LogP contribution is 2.27. The molecule has 23 heavy (non-hydrogen) atoms. The number of ether oxygens (including phenoxy) is 2. The number of carbonyl (C=O) groups is 1. The van der Waals surface area contributed by atoms with E-state index in [2.05, 4.69) is 4.74 Å². The Morgan fingerprint density at radius 1 is 1.35 bits per heavy atom. The summed E-state index contributed by atoms with van der Waals surface area (Å²) in [6.07, 6.45) is 4.69. The number of halogens is 2. The summed E-state index contributed by atoms with van der Waals surface area (Å²) in [4.78, 5) is 14.6. The van der Waals surface area contributed by atoms with Crippen molar-refractivity contribution in [2.24, 2.45) is 0 Å². The maximum absolute atomic E-state index is 12.8. The number of alkyl halides is 2. The predicted molar refractivity (Wildman–Crippen MR) is 82.9 cm³/mol. The number of likely N-dealkylation sites (tertiary alicyclic amines) is 1. The Balaban J connectivity index is 2.13. The van der Waals surface area contributed by atoms with Crippen molar-refractivity contribution >= 4 is 5.91 Å². The van der Waals surface area contributed by atoms with Crippen molar-refractivity contribution in [1.82, 2.24) is 4.90 Å². The van der Waals surface area contributed by atoms with Crippen molar-refractivity contribution in [1.29, 1.82) is 0 Å². The Hall–Kier alpha value is -1.69. The lowest BCUT2D eigenvalue weighted by Crippen LogP contribution is -2.44. The minimum Gasteiger partial charge on any atom is -0.434 e. The van der Waals surface area contributed by atoms with Crippen molar-refractivity contribution < 1.29 is 23.0 Å². The SMILES string of the molecule is COCCC[C@@H]1CCCCN1C(=O)c1ccccc1OC(F)F. The molecular weight excluding hydrogens is 304 g/mol. The quantitative estimate of drug-likeness (QED) is 0.717. The van der Waals surface area contributed by atoms with Gasteiger partial charge in [0.1, 0.15) is 5.75 Å². The minimum absolute atomic E-state index is 0.0614. The Morgan fingerprint density at radius 3 is 2.87 bits per heavy atom. The van der Waals surface area contributed by atoms with E-state index in [1.807, 2.05) is 0 Å². The van der Waals surface area contributed by atoms with Crippen molar-refractivity contribution in [3.63, 3.8) is 0 Å². The summed E-state index contributed by atoms with van der Waals surface area (Å²) in [5, 5.41) is 0. The lowest BCUT2D eigenvalue weighted by atomic mass is 9.97. The van der Waals surface area contributed by atoms with E-state index >= 15 is 0 Å². The molecule has 1 fully saturated rings. The van der Waals surface area contributed by atoms with Gasteiger partial charge in [-0.1, -0.05) is 12.1 Å². The zero-order valence-electron chi connectivity index (χ0n) is 13.3. The highest BCUT2D eigenvalue weighted by atomic mass is 19.3. The fraction of sp³-hybridized carbons (Fsp3) is 0.588. The molecule has 2 rings (SSSR count). The summed E-state index contributed by atoms with van der Waals surface area (Å²) in [5.74, 6) is -0.294. The van der Waals surface area contributed by atoms with Gasteiger partial charge in [0.15, 0.2) is 0 Å². The second-order valence-electron chi connectivity index (χ2n) is 5.66. The number of piperidine rings is 1. The smallest absolute Gasteiger partial charge is 0.387 e. The van der Waals surface area contributed by atoms with Gasteiger partial charge >= 0.3 is 6.61 Å². The number of methoxy groups -OCH3 is 1. The highest BCUT2D eigenvalue weighted by molar-refractivity contribution is 5.97. The van der Waals surface area contributed by atoms with Crippen LogP contribution in [0.4, 0.5) is 8.78 Å². The third-order valence-electron chi connectivity index (χ3n) is 4.11. The first-order valence-electron chi connectivity index (χ1n) is 7.97. The molecule has 0 aliphatic carbocycles. The van der Waals surface area contributed by atoms with Gasteiger partial charge in [0, 0.05) is 26.3 Å². The first kappa shape index (κ1) is 17.7. The molecule has 0 bridgehead atoms. The van der Waals surface area contributed by atoms with Crippen molar-refractivity contribution in [2.45, 2.75) is 44.8 Å². The molecule has 0 N–H and O–H groups in total. The van der Waals surface area contributed by atoms with Crippen LogP contribution in [0.3, 0.4) is 0 Å². The Labute approximate surface area is 135 Å². The average molecular weight is 327 g/mol. The monoisotopic (exact) mass is 327 g/mol. The van der Waals surface area contributed by atoms with Gasteiger partial charge in [-0.2, -0.15) is 8.78 Å². The summed E-state index contributed by atoms with van der Waals surface area (Å²) >= 11 is 0. The molecule has 0 radical (unpaired) electrons. The fourth-order valence-electron chi connectivity index (χ4n) is 3.03. The van der Waals surface area contributed by atoms with Crippen molar-refractivity contribution in [3.8, 4) is 5.75 Å². The molecule has 6 heteroatoms. The maximum atomic E-state index is 12.8. The predicted octanol–water partition coefficient (Wildman–Crippen LogP) is 3.71. The topological polar surface area (TPSA) is 38.8 Å². The van der Waals surface area contributed by atoms with Crippen LogP contribution in [0.25, 0.3) is 0 Å². The number of rotatable bonds is 7. The number of benzene rings is 1. The number of hydrogen-bond donors (Lipinski definition) is 0. The van der Waals surface area contributed by atoms with E-state index in [1.54, 1.807) is 30.2 Å². The van der Waals surface area contributed by atoms with Crippen molar-refractivity contribution in [2.75, 3.05) is 20.3 Å². The molecule has 1 aromatic carbocycles. The normalized spacial score (nSPS) is 18.3. The minimum atomic E-state index is -2.94. The maximum Gasteiger partial charge on any atom is 0.387 e. The van der Waals surface area contributed by atoms with Crippen LogP contribution in [0.2, 0.25) is 0 Å². The van der Waals surface area contributed by atoms with Gasteiger partial charge in [0.25, 0.3) is 5.91 Å². The molecule has 0 spiro atoms. The molecule has 0 unspecified atom stereocenters. The lowest BCUT2D eigenvalue weighted by Gasteiger charge is -2.36.